The highest BCUT2D eigenvalue weighted by Gasteiger charge is 2.58. The maximum Gasteiger partial charge on any atom is 0.314 e. The Kier molecular flexibility index (Phi) is 6.93. The molecule has 10 heteroatoms. The highest BCUT2D eigenvalue weighted by atomic mass is 16.4. The van der Waals surface area contributed by atoms with Crippen molar-refractivity contribution in [2.75, 3.05) is 19.7 Å². The number of unbranched alkanes of at least 4 members (excludes halogenated alkanes) is 3. The van der Waals surface area contributed by atoms with Crippen LogP contribution in [0.3, 0.4) is 0 Å². The number of hydrogen-bond acceptors (Lipinski definition) is 7. The molecule has 5 N–H and O–H groups in total. The number of nitrogens with one attached hydrogen (secondary N) is 1. The Morgan fingerprint density at radius 1 is 1.00 bits per heavy atom. The minimum Gasteiger partial charge on any atom is -0.394 e. The summed E-state index contributed by atoms with van der Waals surface area (Å²) in [5, 5.41) is 42.3. The molecule has 0 aliphatic carbocycles. The minimum atomic E-state index is -1.56. The first kappa shape index (κ1) is 20.6. The second kappa shape index (κ2) is 8.76. The molecule has 2 rings (SSSR count). The van der Waals surface area contributed by atoms with E-state index in [2.05, 4.69) is 5.32 Å². The van der Waals surface area contributed by atoms with Crippen LogP contribution < -0.4 is 5.32 Å². The maximum absolute atomic E-state index is 12.3. The predicted molar refractivity (Wildman–Crippen MR) is 88.4 cm³/mol. The number of aliphatic hydroxyl groups is 4. The number of piperidine rings is 1. The third-order valence-corrected chi connectivity index (χ3v) is 4.93. The molecular formula is C16H27N3O7. The molecule has 3 amide bonds. The van der Waals surface area contributed by atoms with Gasteiger partial charge in [0.25, 0.3) is 0 Å². The van der Waals surface area contributed by atoms with Gasteiger partial charge in [0.2, 0.25) is 5.91 Å². The van der Waals surface area contributed by atoms with E-state index in [0.717, 1.165) is 24.2 Å². The van der Waals surface area contributed by atoms with E-state index >= 15 is 0 Å². The van der Waals surface area contributed by atoms with Gasteiger partial charge in [-0.05, 0) is 12.8 Å². The summed E-state index contributed by atoms with van der Waals surface area (Å²) >= 11 is 0. The first-order valence-electron chi connectivity index (χ1n) is 8.84. The average Bonchev–Trinajstić information content (AvgIpc) is 2.84. The second-order valence-corrected chi connectivity index (χ2v) is 6.74. The highest BCUT2D eigenvalue weighted by Crippen LogP contribution is 2.32. The van der Waals surface area contributed by atoms with E-state index < -0.39 is 48.9 Å². The molecule has 0 saturated carbocycles. The summed E-state index contributed by atoms with van der Waals surface area (Å²) in [5.41, 5.74) is 0. The zero-order valence-corrected chi connectivity index (χ0v) is 14.7. The Bertz CT molecular complexity index is 544. The van der Waals surface area contributed by atoms with Gasteiger partial charge >= 0.3 is 11.8 Å². The Balaban J connectivity index is 1.93. The van der Waals surface area contributed by atoms with Crippen LogP contribution in [0.1, 0.15) is 32.6 Å². The van der Waals surface area contributed by atoms with Crippen LogP contribution in [0.2, 0.25) is 0 Å². The van der Waals surface area contributed by atoms with Crippen LogP contribution in [-0.4, -0.2) is 98.2 Å². The molecule has 2 heterocycles. The van der Waals surface area contributed by atoms with Crippen LogP contribution >= 0.6 is 0 Å². The van der Waals surface area contributed by atoms with Crippen molar-refractivity contribution in [1.29, 1.82) is 0 Å². The van der Waals surface area contributed by atoms with Crippen molar-refractivity contribution in [1.82, 2.24) is 15.1 Å². The summed E-state index contributed by atoms with van der Waals surface area (Å²) in [4.78, 5) is 37.4. The fraction of sp³-hybridized carbons (Fsp3) is 0.812. The van der Waals surface area contributed by atoms with E-state index in [1.54, 1.807) is 0 Å². The van der Waals surface area contributed by atoms with Gasteiger partial charge in [-0.1, -0.05) is 12.8 Å². The van der Waals surface area contributed by atoms with Gasteiger partial charge in [-0.25, -0.2) is 0 Å². The molecule has 26 heavy (non-hydrogen) atoms. The Labute approximate surface area is 151 Å². The van der Waals surface area contributed by atoms with E-state index in [-0.39, 0.29) is 12.5 Å². The smallest absolute Gasteiger partial charge is 0.314 e. The predicted octanol–water partition coefficient (Wildman–Crippen LogP) is -2.86. The van der Waals surface area contributed by atoms with Crippen LogP contribution in [0.15, 0.2) is 0 Å². The lowest BCUT2D eigenvalue weighted by molar-refractivity contribution is -0.187. The molecule has 0 radical (unpaired) electrons. The van der Waals surface area contributed by atoms with Gasteiger partial charge in [0.1, 0.15) is 24.5 Å². The summed E-state index contributed by atoms with van der Waals surface area (Å²) in [6, 6.07) is -1.14. The van der Waals surface area contributed by atoms with Crippen molar-refractivity contribution in [3.8, 4) is 0 Å². The molecule has 5 atom stereocenters. The zero-order valence-electron chi connectivity index (χ0n) is 14.7. The normalized spacial score (nSPS) is 31.3. The Morgan fingerprint density at radius 3 is 2.27 bits per heavy atom. The number of carbonyl (C=O) groups excluding carboxylic acids is 3. The zero-order chi connectivity index (χ0) is 19.4. The van der Waals surface area contributed by atoms with Gasteiger partial charge in [-0.15, -0.1) is 0 Å². The van der Waals surface area contributed by atoms with Gasteiger partial charge in [0, 0.05) is 20.0 Å². The molecular weight excluding hydrogens is 346 g/mol. The van der Waals surface area contributed by atoms with Gasteiger partial charge < -0.3 is 35.5 Å². The molecule has 0 spiro atoms. The summed E-state index contributed by atoms with van der Waals surface area (Å²) in [5.74, 6) is -1.80. The fourth-order valence-corrected chi connectivity index (χ4v) is 3.54. The average molecular weight is 373 g/mol. The summed E-state index contributed by atoms with van der Waals surface area (Å²) < 4.78 is 0. The molecule has 2 aliphatic rings. The van der Waals surface area contributed by atoms with Crippen LogP contribution in [0.5, 0.6) is 0 Å². The molecule has 2 fully saturated rings. The standard InChI is InChI=1S/C16H27N3O7/c1-9(21)17-6-4-2-3-5-7-18-14-13(24)12(23)11(22)10(8-20)19(14)16(26)15(18)25/h10-14,20,22-24H,2-8H2,1H3,(H,17,21)/t10-,11-,12+,13+,14+/m1/s1. The van der Waals surface area contributed by atoms with Crippen LogP contribution in [0, 0.1) is 0 Å². The summed E-state index contributed by atoms with van der Waals surface area (Å²) in [6.07, 6.45) is -2.74. The van der Waals surface area contributed by atoms with Gasteiger partial charge in [-0.3, -0.25) is 14.4 Å². The number of rotatable bonds is 8. The quantitative estimate of drug-likeness (QED) is 0.227. The van der Waals surface area contributed by atoms with Crippen molar-refractivity contribution in [3.05, 3.63) is 0 Å². The first-order chi connectivity index (χ1) is 12.3. The molecule has 148 valence electrons. The lowest BCUT2D eigenvalue weighted by atomic mass is 9.92. The number of carbonyl (C=O) groups is 3. The van der Waals surface area contributed by atoms with Gasteiger partial charge in [-0.2, -0.15) is 0 Å². The van der Waals surface area contributed by atoms with Crippen molar-refractivity contribution < 1.29 is 34.8 Å². The molecule has 0 bridgehead atoms. The van der Waals surface area contributed by atoms with Crippen molar-refractivity contribution in [2.45, 2.75) is 63.1 Å². The molecule has 0 aromatic rings. The van der Waals surface area contributed by atoms with E-state index in [9.17, 15) is 34.8 Å². The number of amides is 3. The van der Waals surface area contributed by atoms with Crippen LogP contribution in [-0.2, 0) is 14.4 Å². The van der Waals surface area contributed by atoms with E-state index in [4.69, 9.17) is 0 Å². The van der Waals surface area contributed by atoms with E-state index in [1.807, 2.05) is 0 Å². The number of fused-ring (bicyclic) bond motifs is 1. The third kappa shape index (κ3) is 3.98. The van der Waals surface area contributed by atoms with Gasteiger partial charge in [0.15, 0.2) is 0 Å². The lowest BCUT2D eigenvalue weighted by Gasteiger charge is -2.46. The number of hydrogen-bond donors (Lipinski definition) is 5. The summed E-state index contributed by atoms with van der Waals surface area (Å²) in [6.45, 7) is 1.61. The molecule has 2 aliphatic heterocycles. The SMILES string of the molecule is CC(=O)NCCCCCCN1C(=O)C(=O)N2[C@H](CO)[C@@H](O)[C@H](O)[C@H](O)[C@@H]12. The van der Waals surface area contributed by atoms with E-state index in [1.165, 1.54) is 11.8 Å². The molecule has 2 saturated heterocycles. The Hall–Kier alpha value is -1.75. The van der Waals surface area contributed by atoms with Gasteiger partial charge in [0.05, 0.1) is 12.6 Å². The lowest BCUT2D eigenvalue weighted by Crippen LogP contribution is -2.68. The largest absolute Gasteiger partial charge is 0.394 e. The van der Waals surface area contributed by atoms with Crippen molar-refractivity contribution in [2.24, 2.45) is 0 Å². The third-order valence-electron chi connectivity index (χ3n) is 4.93. The monoisotopic (exact) mass is 373 g/mol. The minimum absolute atomic E-state index is 0.0864. The van der Waals surface area contributed by atoms with Crippen molar-refractivity contribution in [3.63, 3.8) is 0 Å². The molecule has 0 unspecified atom stereocenters. The molecule has 0 aromatic heterocycles. The number of aliphatic hydroxyl groups excluding tert-OH is 4. The molecule has 10 nitrogen and oxygen atoms in total. The highest BCUT2D eigenvalue weighted by molar-refractivity contribution is 6.37. The van der Waals surface area contributed by atoms with Crippen molar-refractivity contribution >= 4 is 17.7 Å². The first-order valence-corrected chi connectivity index (χ1v) is 8.84. The maximum atomic E-state index is 12.3. The van der Waals surface area contributed by atoms with Crippen LogP contribution in [0.4, 0.5) is 0 Å². The summed E-state index contributed by atoms with van der Waals surface area (Å²) in [7, 11) is 0. The Morgan fingerprint density at radius 2 is 1.65 bits per heavy atom. The fourth-order valence-electron chi connectivity index (χ4n) is 3.54. The molecule has 0 aromatic carbocycles. The number of nitrogens with zero attached hydrogens (tertiary/aromatic N) is 2. The second-order valence-electron chi connectivity index (χ2n) is 6.74. The topological polar surface area (TPSA) is 151 Å². The van der Waals surface area contributed by atoms with Crippen LogP contribution in [0.25, 0.3) is 0 Å². The van der Waals surface area contributed by atoms with E-state index in [0.29, 0.717) is 13.0 Å².